The predicted molar refractivity (Wildman–Crippen MR) is 69.3 cm³/mol. The van der Waals surface area contributed by atoms with Gasteiger partial charge < -0.3 is 9.80 Å². The zero-order chi connectivity index (χ0) is 13.1. The first-order valence-electron chi connectivity index (χ1n) is 6.28. The molecule has 1 rings (SSSR count). The lowest BCUT2D eigenvalue weighted by atomic mass is 9.75. The van der Waals surface area contributed by atoms with Gasteiger partial charge in [0.2, 0.25) is 5.91 Å². The largest absolute Gasteiger partial charge is 0.302 e. The van der Waals surface area contributed by atoms with E-state index in [1.807, 2.05) is 0 Å². The molecule has 1 amide bonds. The van der Waals surface area contributed by atoms with Crippen molar-refractivity contribution in [2.75, 3.05) is 27.7 Å². The number of hydrogen-bond acceptors (Lipinski definition) is 4. The van der Waals surface area contributed by atoms with Gasteiger partial charge in [-0.05, 0) is 47.3 Å². The van der Waals surface area contributed by atoms with Gasteiger partial charge in [-0.15, -0.1) is 0 Å². The molecule has 5 heteroatoms. The second-order valence-electron chi connectivity index (χ2n) is 5.51. The fraction of sp³-hybridized carbons (Fsp3) is 0.917. The minimum Gasteiger partial charge on any atom is -0.302 e. The zero-order valence-corrected chi connectivity index (χ0v) is 11.5. The number of carbonyl (C=O) groups excluding carboxylic acids is 1. The first-order valence-corrected chi connectivity index (χ1v) is 6.28. The smallest absolute Gasteiger partial charge is 0.235 e. The third-order valence-corrected chi connectivity index (χ3v) is 4.17. The molecule has 1 unspecified atom stereocenters. The molecule has 0 heterocycles. The number of hydrazine groups is 1. The highest BCUT2D eigenvalue weighted by Gasteiger charge is 2.40. The van der Waals surface area contributed by atoms with Crippen molar-refractivity contribution in [1.82, 2.24) is 15.2 Å². The molecule has 0 aromatic rings. The van der Waals surface area contributed by atoms with Gasteiger partial charge in [-0.3, -0.25) is 10.2 Å². The van der Waals surface area contributed by atoms with E-state index >= 15 is 0 Å². The van der Waals surface area contributed by atoms with Crippen LogP contribution in [0.2, 0.25) is 0 Å². The van der Waals surface area contributed by atoms with Gasteiger partial charge in [0.05, 0.1) is 0 Å². The van der Waals surface area contributed by atoms with Gasteiger partial charge >= 0.3 is 0 Å². The lowest BCUT2D eigenvalue weighted by Gasteiger charge is -2.50. The lowest BCUT2D eigenvalue weighted by molar-refractivity contribution is -0.122. The summed E-state index contributed by atoms with van der Waals surface area (Å²) in [4.78, 5) is 15.8. The summed E-state index contributed by atoms with van der Waals surface area (Å²) >= 11 is 0. The summed E-state index contributed by atoms with van der Waals surface area (Å²) in [6, 6.07) is 0.218. The van der Waals surface area contributed by atoms with Crippen LogP contribution < -0.4 is 11.3 Å². The van der Waals surface area contributed by atoms with Gasteiger partial charge in [0.15, 0.2) is 0 Å². The van der Waals surface area contributed by atoms with Crippen molar-refractivity contribution in [3.63, 3.8) is 0 Å². The average molecular weight is 242 g/mol. The number of likely N-dealkylation sites (N-methyl/N-ethyl adjacent to an activating group) is 2. The van der Waals surface area contributed by atoms with Crippen LogP contribution >= 0.6 is 0 Å². The number of nitrogens with zero attached hydrogens (tertiary/aromatic N) is 2. The number of amides is 1. The van der Waals surface area contributed by atoms with Gasteiger partial charge in [0.1, 0.15) is 0 Å². The van der Waals surface area contributed by atoms with Gasteiger partial charge in [-0.25, -0.2) is 5.84 Å². The molecule has 1 fully saturated rings. The number of carbonyl (C=O) groups is 1. The lowest BCUT2D eigenvalue weighted by Crippen LogP contribution is -2.58. The Labute approximate surface area is 104 Å². The first-order chi connectivity index (χ1) is 7.91. The highest BCUT2D eigenvalue weighted by molar-refractivity contribution is 5.75. The van der Waals surface area contributed by atoms with Crippen LogP contribution in [-0.2, 0) is 4.79 Å². The number of rotatable bonds is 6. The van der Waals surface area contributed by atoms with E-state index in [0.717, 1.165) is 6.54 Å². The Morgan fingerprint density at radius 3 is 2.35 bits per heavy atom. The quantitative estimate of drug-likeness (QED) is 0.396. The zero-order valence-electron chi connectivity index (χ0n) is 11.5. The Hall–Kier alpha value is -0.650. The SMILES string of the molecule is CC(CC(=O)NN)N(C)CC1(N(C)C)CCC1. The third kappa shape index (κ3) is 3.40. The van der Waals surface area contributed by atoms with E-state index in [1.54, 1.807) is 0 Å². The molecule has 1 saturated carbocycles. The molecule has 0 aliphatic heterocycles. The van der Waals surface area contributed by atoms with E-state index in [4.69, 9.17) is 5.84 Å². The summed E-state index contributed by atoms with van der Waals surface area (Å²) in [5, 5.41) is 0. The topological polar surface area (TPSA) is 61.6 Å². The van der Waals surface area contributed by atoms with Gasteiger partial charge in [0.25, 0.3) is 0 Å². The van der Waals surface area contributed by atoms with Crippen molar-refractivity contribution in [2.45, 2.75) is 44.2 Å². The maximum Gasteiger partial charge on any atom is 0.235 e. The van der Waals surface area contributed by atoms with Crippen molar-refractivity contribution in [3.8, 4) is 0 Å². The van der Waals surface area contributed by atoms with Crippen LogP contribution in [0, 0.1) is 0 Å². The van der Waals surface area contributed by atoms with E-state index in [-0.39, 0.29) is 11.9 Å². The Morgan fingerprint density at radius 2 is 2.00 bits per heavy atom. The number of hydrogen-bond donors (Lipinski definition) is 2. The van der Waals surface area contributed by atoms with E-state index in [9.17, 15) is 4.79 Å². The second kappa shape index (κ2) is 5.80. The van der Waals surface area contributed by atoms with Crippen LogP contribution in [0.3, 0.4) is 0 Å². The third-order valence-electron chi connectivity index (χ3n) is 4.17. The van der Waals surface area contributed by atoms with Crippen molar-refractivity contribution in [1.29, 1.82) is 0 Å². The molecular weight excluding hydrogens is 216 g/mol. The summed E-state index contributed by atoms with van der Waals surface area (Å²) < 4.78 is 0. The first kappa shape index (κ1) is 14.4. The molecule has 1 aliphatic rings. The van der Waals surface area contributed by atoms with Crippen LogP contribution in [-0.4, -0.2) is 55.0 Å². The van der Waals surface area contributed by atoms with E-state index in [0.29, 0.717) is 12.0 Å². The van der Waals surface area contributed by atoms with Crippen LogP contribution in [0.15, 0.2) is 0 Å². The van der Waals surface area contributed by atoms with E-state index < -0.39 is 0 Å². The average Bonchev–Trinajstić information content (AvgIpc) is 2.22. The minimum atomic E-state index is -0.100. The second-order valence-corrected chi connectivity index (χ2v) is 5.51. The number of nitrogens with one attached hydrogen (secondary N) is 1. The summed E-state index contributed by atoms with van der Waals surface area (Å²) in [5.74, 6) is 5.01. The van der Waals surface area contributed by atoms with Crippen molar-refractivity contribution >= 4 is 5.91 Å². The molecule has 3 N–H and O–H groups in total. The molecule has 0 saturated heterocycles. The molecule has 100 valence electrons. The summed E-state index contributed by atoms with van der Waals surface area (Å²) in [6.45, 7) is 3.08. The standard InChI is InChI=1S/C12H26N4O/c1-10(8-11(17)14-13)16(4)9-12(15(2)3)6-5-7-12/h10H,5-9,13H2,1-4H3,(H,14,17). The van der Waals surface area contributed by atoms with E-state index in [2.05, 4.69) is 43.3 Å². The molecule has 0 aromatic carbocycles. The molecule has 0 aromatic heterocycles. The Balaban J connectivity index is 2.47. The molecule has 0 bridgehead atoms. The Bertz CT molecular complexity index is 263. The number of nitrogens with two attached hydrogens (primary N) is 1. The van der Waals surface area contributed by atoms with Crippen LogP contribution in [0.25, 0.3) is 0 Å². The molecule has 1 atom stereocenters. The normalized spacial score (nSPS) is 20.2. The van der Waals surface area contributed by atoms with Crippen LogP contribution in [0.5, 0.6) is 0 Å². The molecule has 5 nitrogen and oxygen atoms in total. The Morgan fingerprint density at radius 1 is 1.41 bits per heavy atom. The van der Waals surface area contributed by atoms with Crippen LogP contribution in [0.4, 0.5) is 0 Å². The molecule has 17 heavy (non-hydrogen) atoms. The van der Waals surface area contributed by atoms with Gasteiger partial charge in [-0.1, -0.05) is 0 Å². The predicted octanol–water partition coefficient (Wildman–Crippen LogP) is 0.171. The van der Waals surface area contributed by atoms with Crippen molar-refractivity contribution in [2.24, 2.45) is 5.84 Å². The fourth-order valence-corrected chi connectivity index (χ4v) is 2.43. The molecular formula is C12H26N4O. The van der Waals surface area contributed by atoms with Gasteiger partial charge in [-0.2, -0.15) is 0 Å². The summed E-state index contributed by atoms with van der Waals surface area (Å²) in [7, 11) is 6.37. The van der Waals surface area contributed by atoms with Crippen molar-refractivity contribution in [3.05, 3.63) is 0 Å². The molecule has 0 radical (unpaired) electrons. The molecule has 1 aliphatic carbocycles. The van der Waals surface area contributed by atoms with Crippen LogP contribution in [0.1, 0.15) is 32.6 Å². The fourth-order valence-electron chi connectivity index (χ4n) is 2.43. The Kier molecular flexibility index (Phi) is 4.91. The van der Waals surface area contributed by atoms with Crippen molar-refractivity contribution < 1.29 is 4.79 Å². The van der Waals surface area contributed by atoms with Gasteiger partial charge in [0, 0.05) is 24.5 Å². The monoisotopic (exact) mass is 242 g/mol. The maximum absolute atomic E-state index is 11.2. The van der Waals surface area contributed by atoms with E-state index in [1.165, 1.54) is 19.3 Å². The summed E-state index contributed by atoms with van der Waals surface area (Å²) in [5.41, 5.74) is 2.50. The highest BCUT2D eigenvalue weighted by Crippen LogP contribution is 2.36. The molecule has 0 spiro atoms. The summed E-state index contributed by atoms with van der Waals surface area (Å²) in [6.07, 6.45) is 4.26. The highest BCUT2D eigenvalue weighted by atomic mass is 16.2. The maximum atomic E-state index is 11.2. The minimum absolute atomic E-state index is 0.100.